The summed E-state index contributed by atoms with van der Waals surface area (Å²) < 4.78 is 5.11. The third kappa shape index (κ3) is 3.69. The van der Waals surface area contributed by atoms with Crippen LogP contribution in [0.4, 0.5) is 5.69 Å². The Morgan fingerprint density at radius 2 is 1.82 bits per heavy atom. The number of hydrogen-bond acceptors (Lipinski definition) is 5. The Morgan fingerprint density at radius 1 is 1.18 bits per heavy atom. The second-order valence-corrected chi connectivity index (χ2v) is 4.53. The second-order valence-electron chi connectivity index (χ2n) is 4.53. The molecule has 0 amide bonds. The molecule has 6 heteroatoms. The first kappa shape index (κ1) is 15.2. The predicted octanol–water partition coefficient (Wildman–Crippen LogP) is 3.31. The quantitative estimate of drug-likeness (QED) is 0.307. The van der Waals surface area contributed by atoms with Crippen molar-refractivity contribution in [3.8, 4) is 11.5 Å². The van der Waals surface area contributed by atoms with Crippen LogP contribution in [-0.4, -0.2) is 16.0 Å². The highest BCUT2D eigenvalue weighted by molar-refractivity contribution is 5.94. The number of nitrogens with zero attached hydrogens (tertiary/aromatic N) is 1. The van der Waals surface area contributed by atoms with Crippen molar-refractivity contribution < 1.29 is 19.6 Å². The number of phenols is 1. The Hall–Kier alpha value is -3.15. The summed E-state index contributed by atoms with van der Waals surface area (Å²) in [6, 6.07) is 11.8. The Bertz CT molecular complexity index is 734. The van der Waals surface area contributed by atoms with Gasteiger partial charge in [-0.25, -0.2) is 4.79 Å². The number of non-ortho nitro benzene ring substituents is 1. The predicted molar refractivity (Wildman–Crippen MR) is 80.5 cm³/mol. The maximum Gasteiger partial charge on any atom is 0.339 e. The van der Waals surface area contributed by atoms with Crippen LogP contribution < -0.4 is 4.74 Å². The van der Waals surface area contributed by atoms with Crippen LogP contribution in [0, 0.1) is 10.1 Å². The van der Waals surface area contributed by atoms with E-state index < -0.39 is 10.9 Å². The number of nitro benzene ring substituents is 1. The minimum atomic E-state index is -0.600. The molecule has 2 rings (SSSR count). The Balaban J connectivity index is 2.11. The number of carbonyl (C=O) groups is 1. The summed E-state index contributed by atoms with van der Waals surface area (Å²) in [5.74, 6) is -0.331. The normalized spacial score (nSPS) is 11.0. The first-order chi connectivity index (χ1) is 10.5. The molecule has 0 unspecified atom stereocenters. The number of rotatable bonds is 4. The smallest absolute Gasteiger partial charge is 0.339 e. The van der Waals surface area contributed by atoms with Crippen molar-refractivity contribution in [1.82, 2.24) is 0 Å². The standard InChI is InChI=1S/C16H13NO5/c1-11(10-12-4-2-3-5-15(12)18)16(19)22-14-8-6-13(7-9-14)17(20)21/h2-10,18H,1H3. The van der Waals surface area contributed by atoms with Crippen molar-refractivity contribution in [2.75, 3.05) is 0 Å². The summed E-state index contributed by atoms with van der Waals surface area (Å²) >= 11 is 0. The lowest BCUT2D eigenvalue weighted by molar-refractivity contribution is -0.384. The molecule has 6 nitrogen and oxygen atoms in total. The molecule has 0 spiro atoms. The van der Waals surface area contributed by atoms with E-state index in [1.165, 1.54) is 36.4 Å². The number of aromatic hydroxyl groups is 1. The number of ether oxygens (including phenoxy) is 1. The molecule has 2 aromatic carbocycles. The van der Waals surface area contributed by atoms with Crippen molar-refractivity contribution in [2.45, 2.75) is 6.92 Å². The van der Waals surface area contributed by atoms with Crippen molar-refractivity contribution in [3.05, 3.63) is 69.8 Å². The average Bonchev–Trinajstić information content (AvgIpc) is 2.50. The zero-order valence-electron chi connectivity index (χ0n) is 11.7. The van der Waals surface area contributed by atoms with Gasteiger partial charge in [-0.1, -0.05) is 18.2 Å². The fourth-order valence-corrected chi connectivity index (χ4v) is 1.73. The molecule has 0 saturated heterocycles. The monoisotopic (exact) mass is 299 g/mol. The van der Waals surface area contributed by atoms with Gasteiger partial charge in [0.2, 0.25) is 0 Å². The van der Waals surface area contributed by atoms with Crippen LogP contribution in [0.2, 0.25) is 0 Å². The number of hydrogen-bond donors (Lipinski definition) is 1. The third-order valence-electron chi connectivity index (χ3n) is 2.89. The van der Waals surface area contributed by atoms with Crippen molar-refractivity contribution >= 4 is 17.7 Å². The van der Waals surface area contributed by atoms with E-state index in [0.717, 1.165) is 0 Å². The van der Waals surface area contributed by atoms with Crippen LogP contribution in [0.5, 0.6) is 11.5 Å². The molecule has 0 radical (unpaired) electrons. The third-order valence-corrected chi connectivity index (χ3v) is 2.89. The highest BCUT2D eigenvalue weighted by atomic mass is 16.6. The first-order valence-corrected chi connectivity index (χ1v) is 6.40. The van der Waals surface area contributed by atoms with E-state index in [1.807, 2.05) is 0 Å². The SMILES string of the molecule is CC(=Cc1ccccc1O)C(=O)Oc1ccc([N+](=O)[O-])cc1. The molecule has 0 atom stereocenters. The Kier molecular flexibility index (Phi) is 4.53. The summed E-state index contributed by atoms with van der Waals surface area (Å²) in [4.78, 5) is 22.0. The number of nitro groups is 1. The summed E-state index contributed by atoms with van der Waals surface area (Å²) in [7, 11) is 0. The van der Waals surface area contributed by atoms with Crippen LogP contribution >= 0.6 is 0 Å². The minimum Gasteiger partial charge on any atom is -0.507 e. The highest BCUT2D eigenvalue weighted by Crippen LogP contribution is 2.21. The molecule has 22 heavy (non-hydrogen) atoms. The van der Waals surface area contributed by atoms with E-state index in [4.69, 9.17) is 4.74 Å². The van der Waals surface area contributed by atoms with Crippen LogP contribution in [0.1, 0.15) is 12.5 Å². The van der Waals surface area contributed by atoms with Gasteiger partial charge in [0, 0.05) is 23.3 Å². The zero-order chi connectivity index (χ0) is 16.1. The summed E-state index contributed by atoms with van der Waals surface area (Å²) in [6.45, 7) is 1.56. The van der Waals surface area contributed by atoms with Gasteiger partial charge < -0.3 is 9.84 Å². The van der Waals surface area contributed by atoms with Crippen molar-refractivity contribution in [2.24, 2.45) is 0 Å². The zero-order valence-corrected chi connectivity index (χ0v) is 11.7. The molecular formula is C16H13NO5. The fraction of sp³-hybridized carbons (Fsp3) is 0.0625. The molecule has 0 bridgehead atoms. The molecule has 0 aliphatic heterocycles. The molecule has 0 heterocycles. The van der Waals surface area contributed by atoms with E-state index >= 15 is 0 Å². The number of carbonyl (C=O) groups excluding carboxylic acids is 1. The van der Waals surface area contributed by atoms with Gasteiger partial charge in [-0.2, -0.15) is 0 Å². The van der Waals surface area contributed by atoms with Crippen LogP contribution in [-0.2, 0) is 4.79 Å². The lowest BCUT2D eigenvalue weighted by Crippen LogP contribution is -2.09. The first-order valence-electron chi connectivity index (χ1n) is 6.40. The van der Waals surface area contributed by atoms with Gasteiger partial charge >= 0.3 is 5.97 Å². The van der Waals surface area contributed by atoms with Crippen LogP contribution in [0.15, 0.2) is 54.1 Å². The van der Waals surface area contributed by atoms with Gasteiger partial charge in [0.05, 0.1) is 4.92 Å². The summed E-state index contributed by atoms with van der Waals surface area (Å²) in [5.41, 5.74) is 0.710. The minimum absolute atomic E-state index is 0.0602. The van der Waals surface area contributed by atoms with Gasteiger partial charge in [0.1, 0.15) is 11.5 Å². The Labute approximate surface area is 126 Å². The Morgan fingerprint density at radius 3 is 2.41 bits per heavy atom. The summed E-state index contributed by atoms with van der Waals surface area (Å²) in [6.07, 6.45) is 1.50. The van der Waals surface area contributed by atoms with E-state index in [9.17, 15) is 20.0 Å². The molecule has 0 aliphatic carbocycles. The topological polar surface area (TPSA) is 89.7 Å². The van der Waals surface area contributed by atoms with Crippen LogP contribution in [0.25, 0.3) is 6.08 Å². The lowest BCUT2D eigenvalue weighted by atomic mass is 10.1. The number of para-hydroxylation sites is 1. The maximum atomic E-state index is 11.9. The van der Waals surface area contributed by atoms with E-state index in [1.54, 1.807) is 25.1 Å². The van der Waals surface area contributed by atoms with Crippen molar-refractivity contribution in [3.63, 3.8) is 0 Å². The number of esters is 1. The molecule has 0 aliphatic rings. The highest BCUT2D eigenvalue weighted by Gasteiger charge is 2.10. The van der Waals surface area contributed by atoms with Gasteiger partial charge in [-0.05, 0) is 31.2 Å². The molecule has 0 fully saturated rings. The summed E-state index contributed by atoms with van der Waals surface area (Å²) in [5, 5.41) is 20.2. The number of phenolic OH excluding ortho intramolecular Hbond substituents is 1. The molecule has 1 N–H and O–H groups in total. The molecule has 0 saturated carbocycles. The molecule has 2 aromatic rings. The fourth-order valence-electron chi connectivity index (χ4n) is 1.73. The van der Waals surface area contributed by atoms with E-state index in [-0.39, 0.29) is 17.2 Å². The van der Waals surface area contributed by atoms with Crippen LogP contribution in [0.3, 0.4) is 0 Å². The van der Waals surface area contributed by atoms with Gasteiger partial charge in [-0.3, -0.25) is 10.1 Å². The molecular weight excluding hydrogens is 286 g/mol. The second kappa shape index (κ2) is 6.53. The van der Waals surface area contributed by atoms with Gasteiger partial charge in [0.15, 0.2) is 0 Å². The molecule has 112 valence electrons. The lowest BCUT2D eigenvalue weighted by Gasteiger charge is -2.05. The van der Waals surface area contributed by atoms with E-state index in [0.29, 0.717) is 11.1 Å². The van der Waals surface area contributed by atoms with Gasteiger partial charge in [0.25, 0.3) is 5.69 Å². The number of benzene rings is 2. The maximum absolute atomic E-state index is 11.9. The average molecular weight is 299 g/mol. The largest absolute Gasteiger partial charge is 0.507 e. The molecule has 0 aromatic heterocycles. The van der Waals surface area contributed by atoms with Gasteiger partial charge in [-0.15, -0.1) is 0 Å². The van der Waals surface area contributed by atoms with E-state index in [2.05, 4.69) is 0 Å². The van der Waals surface area contributed by atoms with Crippen molar-refractivity contribution in [1.29, 1.82) is 0 Å².